The van der Waals surface area contributed by atoms with E-state index < -0.39 is 0 Å². The molecule has 0 unspecified atom stereocenters. The first-order chi connectivity index (χ1) is 15.1. The van der Waals surface area contributed by atoms with Gasteiger partial charge in [-0.2, -0.15) is 10.5 Å². The van der Waals surface area contributed by atoms with Crippen LogP contribution in [0.1, 0.15) is 28.1 Å². The summed E-state index contributed by atoms with van der Waals surface area (Å²) in [6, 6.07) is 23.3. The number of aromatic nitrogens is 2. The van der Waals surface area contributed by atoms with Gasteiger partial charge in [-0.3, -0.25) is 0 Å². The molecule has 1 N–H and O–H groups in total. The highest BCUT2D eigenvalue weighted by Gasteiger charge is 2.10. The predicted octanol–water partition coefficient (Wildman–Crippen LogP) is 6.15. The second-order valence-corrected chi connectivity index (χ2v) is 7.88. The van der Waals surface area contributed by atoms with Gasteiger partial charge in [0, 0.05) is 5.56 Å². The summed E-state index contributed by atoms with van der Waals surface area (Å²) in [5.41, 5.74) is 5.55. The van der Waals surface area contributed by atoms with Gasteiger partial charge in [0.2, 0.25) is 0 Å². The maximum atomic E-state index is 9.66. The van der Waals surface area contributed by atoms with Crippen LogP contribution >= 0.6 is 15.9 Å². The number of nitrogens with one attached hydrogen (secondary N) is 1. The molecule has 4 rings (SSSR count). The number of halogens is 1. The molecular formula is C25H17BrN4O. The maximum absolute atomic E-state index is 9.66. The average Bonchev–Trinajstić information content (AvgIpc) is 3.20. The Morgan fingerprint density at radius 3 is 2.74 bits per heavy atom. The van der Waals surface area contributed by atoms with E-state index >= 15 is 0 Å². The number of rotatable bonds is 5. The van der Waals surface area contributed by atoms with Crippen molar-refractivity contribution in [2.24, 2.45) is 0 Å². The number of hydrogen-bond acceptors (Lipinski definition) is 4. The van der Waals surface area contributed by atoms with Crippen molar-refractivity contribution < 1.29 is 4.74 Å². The number of hydrogen-bond donors (Lipinski definition) is 1. The van der Waals surface area contributed by atoms with Gasteiger partial charge in [0.1, 0.15) is 24.3 Å². The minimum atomic E-state index is 0.291. The van der Waals surface area contributed by atoms with E-state index in [1.165, 1.54) is 0 Å². The van der Waals surface area contributed by atoms with Crippen LogP contribution in [0.15, 0.2) is 65.1 Å². The molecule has 1 aromatic heterocycles. The molecule has 0 atom stereocenters. The van der Waals surface area contributed by atoms with Crippen molar-refractivity contribution in [1.29, 1.82) is 10.5 Å². The lowest BCUT2D eigenvalue weighted by atomic mass is 10.1. The van der Waals surface area contributed by atoms with E-state index in [9.17, 15) is 10.5 Å². The quantitative estimate of drug-likeness (QED) is 0.356. The molecule has 6 heteroatoms. The number of imidazole rings is 1. The van der Waals surface area contributed by atoms with Gasteiger partial charge in [-0.25, -0.2) is 4.98 Å². The minimum Gasteiger partial charge on any atom is -0.488 e. The third-order valence-electron chi connectivity index (χ3n) is 4.80. The van der Waals surface area contributed by atoms with Gasteiger partial charge < -0.3 is 9.72 Å². The number of nitriles is 2. The number of nitrogens with zero attached hydrogens (tertiary/aromatic N) is 3. The van der Waals surface area contributed by atoms with Gasteiger partial charge in [-0.15, -0.1) is 0 Å². The molecule has 1 heterocycles. The van der Waals surface area contributed by atoms with Gasteiger partial charge in [-0.05, 0) is 70.4 Å². The molecule has 0 fully saturated rings. The summed E-state index contributed by atoms with van der Waals surface area (Å²) in [4.78, 5) is 7.75. The fourth-order valence-corrected chi connectivity index (χ4v) is 3.72. The summed E-state index contributed by atoms with van der Waals surface area (Å²) in [7, 11) is 0. The third kappa shape index (κ3) is 4.50. The lowest BCUT2D eigenvalue weighted by Crippen LogP contribution is -1.98. The van der Waals surface area contributed by atoms with E-state index in [1.54, 1.807) is 12.1 Å². The van der Waals surface area contributed by atoms with E-state index in [2.05, 4.69) is 38.0 Å². The number of aryl methyl sites for hydroxylation is 1. The van der Waals surface area contributed by atoms with E-state index in [0.717, 1.165) is 32.2 Å². The molecule has 0 spiro atoms. The molecule has 0 bridgehead atoms. The van der Waals surface area contributed by atoms with Crippen LogP contribution < -0.4 is 4.74 Å². The van der Waals surface area contributed by atoms with Gasteiger partial charge in [-0.1, -0.05) is 30.3 Å². The predicted molar refractivity (Wildman–Crippen MR) is 124 cm³/mol. The molecule has 150 valence electrons. The maximum Gasteiger partial charge on any atom is 0.149 e. The van der Waals surface area contributed by atoms with Crippen LogP contribution in [0.5, 0.6) is 5.75 Å². The molecule has 0 saturated carbocycles. The lowest BCUT2D eigenvalue weighted by Gasteiger charge is -2.10. The average molecular weight is 469 g/mol. The zero-order valence-electron chi connectivity index (χ0n) is 16.7. The largest absolute Gasteiger partial charge is 0.488 e. The van der Waals surface area contributed by atoms with Crippen LogP contribution in [0.2, 0.25) is 0 Å². The van der Waals surface area contributed by atoms with Crippen LogP contribution in [0, 0.1) is 29.6 Å². The fourth-order valence-electron chi connectivity index (χ4n) is 3.21. The summed E-state index contributed by atoms with van der Waals surface area (Å²) < 4.78 is 6.64. The molecule has 31 heavy (non-hydrogen) atoms. The summed E-state index contributed by atoms with van der Waals surface area (Å²) in [5, 5.41) is 18.9. The zero-order valence-corrected chi connectivity index (χ0v) is 18.3. The molecule has 0 amide bonds. The van der Waals surface area contributed by atoms with Crippen molar-refractivity contribution in [2.75, 3.05) is 0 Å². The summed E-state index contributed by atoms with van der Waals surface area (Å²) >= 11 is 3.53. The molecule has 5 nitrogen and oxygen atoms in total. The number of benzene rings is 3. The Morgan fingerprint density at radius 1 is 1.13 bits per heavy atom. The second kappa shape index (κ2) is 8.87. The Kier molecular flexibility index (Phi) is 5.84. The van der Waals surface area contributed by atoms with Crippen LogP contribution in [-0.4, -0.2) is 9.97 Å². The first-order valence-corrected chi connectivity index (χ1v) is 10.4. The standard InChI is InChI=1S/C25H17BrN4O/c1-16-6-8-22-23(10-16)30-25(29-22)20(14-28)11-17-7-9-24(21(26)12-17)31-15-19-5-3-2-4-18(19)13-27/h2-12H,15H2,1H3,(H,29,30)/b20-11-. The van der Waals surface area contributed by atoms with Crippen molar-refractivity contribution in [3.05, 3.63) is 93.2 Å². The number of allylic oxidation sites excluding steroid dienone is 1. The molecular weight excluding hydrogens is 452 g/mol. The van der Waals surface area contributed by atoms with Gasteiger partial charge in [0.25, 0.3) is 0 Å². The Bertz CT molecular complexity index is 1390. The van der Waals surface area contributed by atoms with E-state index in [-0.39, 0.29) is 0 Å². The lowest BCUT2D eigenvalue weighted by molar-refractivity contribution is 0.304. The van der Waals surface area contributed by atoms with Crippen LogP contribution in [0.4, 0.5) is 0 Å². The molecule has 0 aliphatic heterocycles. The van der Waals surface area contributed by atoms with Crippen molar-refractivity contribution in [3.63, 3.8) is 0 Å². The number of ether oxygens (including phenoxy) is 1. The van der Waals surface area contributed by atoms with Gasteiger partial charge in [0.05, 0.1) is 32.7 Å². The first kappa shape index (κ1) is 20.4. The fraction of sp³-hybridized carbons (Fsp3) is 0.0800. The summed E-state index contributed by atoms with van der Waals surface area (Å²) in [6.07, 6.45) is 1.78. The van der Waals surface area contributed by atoms with Gasteiger partial charge >= 0.3 is 0 Å². The summed E-state index contributed by atoms with van der Waals surface area (Å²) in [5.74, 6) is 1.19. The van der Waals surface area contributed by atoms with E-state index in [4.69, 9.17) is 4.74 Å². The minimum absolute atomic E-state index is 0.291. The monoisotopic (exact) mass is 468 g/mol. The van der Waals surface area contributed by atoms with Gasteiger partial charge in [0.15, 0.2) is 0 Å². The Balaban J connectivity index is 1.56. The SMILES string of the molecule is Cc1ccc2nc(/C(C#N)=C\c3ccc(OCc4ccccc4C#N)c(Br)c3)[nH]c2c1. The van der Waals surface area contributed by atoms with Crippen LogP contribution in [0.25, 0.3) is 22.7 Å². The first-order valence-electron chi connectivity index (χ1n) is 9.56. The molecule has 3 aromatic carbocycles. The van der Waals surface area contributed by atoms with E-state index in [0.29, 0.717) is 29.3 Å². The zero-order chi connectivity index (χ0) is 21.8. The molecule has 0 saturated heterocycles. The van der Waals surface area contributed by atoms with E-state index in [1.807, 2.05) is 61.5 Å². The highest BCUT2D eigenvalue weighted by molar-refractivity contribution is 9.10. The van der Waals surface area contributed by atoms with Crippen molar-refractivity contribution in [3.8, 4) is 17.9 Å². The smallest absolute Gasteiger partial charge is 0.149 e. The highest BCUT2D eigenvalue weighted by atomic mass is 79.9. The molecule has 0 radical (unpaired) electrons. The Hall–Kier alpha value is -3.87. The second-order valence-electron chi connectivity index (χ2n) is 7.02. The number of H-pyrrole nitrogens is 1. The molecule has 0 aliphatic rings. The normalized spacial score (nSPS) is 11.2. The van der Waals surface area contributed by atoms with Crippen molar-refractivity contribution in [2.45, 2.75) is 13.5 Å². The summed E-state index contributed by atoms with van der Waals surface area (Å²) in [6.45, 7) is 2.31. The van der Waals surface area contributed by atoms with Crippen LogP contribution in [0.3, 0.4) is 0 Å². The Morgan fingerprint density at radius 2 is 1.97 bits per heavy atom. The highest BCUT2D eigenvalue weighted by Crippen LogP contribution is 2.29. The van der Waals surface area contributed by atoms with Crippen molar-refractivity contribution in [1.82, 2.24) is 9.97 Å². The van der Waals surface area contributed by atoms with Crippen molar-refractivity contribution >= 4 is 38.6 Å². The molecule has 0 aliphatic carbocycles. The number of aromatic amines is 1. The topological polar surface area (TPSA) is 85.5 Å². The number of fused-ring (bicyclic) bond motifs is 1. The molecule has 4 aromatic rings. The van der Waals surface area contributed by atoms with Crippen LogP contribution in [-0.2, 0) is 6.61 Å². The Labute approximate surface area is 188 Å². The third-order valence-corrected chi connectivity index (χ3v) is 5.42.